The van der Waals surface area contributed by atoms with Crippen molar-refractivity contribution in [3.05, 3.63) is 35.9 Å². The van der Waals surface area contributed by atoms with Crippen LogP contribution in [-0.2, 0) is 11.3 Å². The van der Waals surface area contributed by atoms with Gasteiger partial charge in [-0.1, -0.05) is 46.3 Å². The average molecular weight is 298 g/mol. The Balaban J connectivity index is 2.45. The van der Waals surface area contributed by atoms with Crippen LogP contribution in [0.15, 0.2) is 30.3 Å². The predicted molar refractivity (Wildman–Crippen MR) is 75.2 cm³/mol. The van der Waals surface area contributed by atoms with E-state index in [1.54, 1.807) is 0 Å². The average Bonchev–Trinajstić information content (AvgIpc) is 2.37. The Bertz CT molecular complexity index is 326. The Labute approximate surface area is 112 Å². The maximum atomic E-state index is 12.0. The molecule has 1 aromatic rings. The van der Waals surface area contributed by atoms with Gasteiger partial charge in [-0.25, -0.2) is 0 Å². The molecule has 0 N–H and O–H groups in total. The fourth-order valence-electron chi connectivity index (χ4n) is 1.71. The molecule has 0 fully saturated rings. The summed E-state index contributed by atoms with van der Waals surface area (Å²) < 4.78 is 0. The minimum absolute atomic E-state index is 0.261. The Hall–Kier alpha value is -0.830. The van der Waals surface area contributed by atoms with Gasteiger partial charge in [0.15, 0.2) is 0 Å². The molecule has 0 bridgehead atoms. The molecular weight excluding hydrogens is 278 g/mol. The molecule has 0 atom stereocenters. The maximum Gasteiger partial charge on any atom is 0.222 e. The molecule has 3 heteroatoms. The van der Waals surface area contributed by atoms with Gasteiger partial charge in [0, 0.05) is 24.8 Å². The normalized spacial score (nSPS) is 10.2. The molecule has 0 unspecified atom stereocenters. The van der Waals surface area contributed by atoms with E-state index in [0.29, 0.717) is 6.42 Å². The van der Waals surface area contributed by atoms with Crippen LogP contribution < -0.4 is 0 Å². The van der Waals surface area contributed by atoms with Crippen molar-refractivity contribution in [3.63, 3.8) is 0 Å². The maximum absolute atomic E-state index is 12.0. The fourth-order valence-corrected chi connectivity index (χ4v) is 2.11. The van der Waals surface area contributed by atoms with Crippen molar-refractivity contribution in [3.8, 4) is 0 Å². The van der Waals surface area contributed by atoms with Gasteiger partial charge in [-0.3, -0.25) is 4.79 Å². The summed E-state index contributed by atoms with van der Waals surface area (Å²) in [6.45, 7) is 3.54. The summed E-state index contributed by atoms with van der Waals surface area (Å²) in [6.07, 6.45) is 2.69. The summed E-state index contributed by atoms with van der Waals surface area (Å²) in [5.41, 5.74) is 1.20. The number of halogens is 1. The molecule has 94 valence electrons. The van der Waals surface area contributed by atoms with Crippen molar-refractivity contribution in [2.24, 2.45) is 0 Å². The highest BCUT2D eigenvalue weighted by Gasteiger charge is 2.11. The number of hydrogen-bond donors (Lipinski definition) is 0. The van der Waals surface area contributed by atoms with E-state index >= 15 is 0 Å². The van der Waals surface area contributed by atoms with Gasteiger partial charge in [0.05, 0.1) is 0 Å². The molecular formula is C14H20BrNO. The third-order valence-electron chi connectivity index (χ3n) is 2.72. The van der Waals surface area contributed by atoms with Crippen LogP contribution in [0, 0.1) is 0 Å². The molecule has 1 amide bonds. The lowest BCUT2D eigenvalue weighted by Gasteiger charge is -2.21. The quantitative estimate of drug-likeness (QED) is 0.556. The zero-order valence-corrected chi connectivity index (χ0v) is 11.9. The fraction of sp³-hybridized carbons (Fsp3) is 0.500. The lowest BCUT2D eigenvalue weighted by atomic mass is 10.2. The number of amides is 1. The standard InChI is InChI=1S/C14H20BrNO/c1-2-16(14(17)10-6-7-11-15)12-13-8-4-3-5-9-13/h3-5,8-9H,2,6-7,10-12H2,1H3. The van der Waals surface area contributed by atoms with Crippen LogP contribution in [-0.4, -0.2) is 22.7 Å². The first-order chi connectivity index (χ1) is 8.27. The number of rotatable bonds is 7. The van der Waals surface area contributed by atoms with E-state index < -0.39 is 0 Å². The Kier molecular flexibility index (Phi) is 6.94. The minimum Gasteiger partial charge on any atom is -0.339 e. The van der Waals surface area contributed by atoms with E-state index in [9.17, 15) is 4.79 Å². The van der Waals surface area contributed by atoms with Crippen molar-refractivity contribution in [2.75, 3.05) is 11.9 Å². The number of unbranched alkanes of at least 4 members (excludes halogenated alkanes) is 1. The molecule has 0 aliphatic rings. The monoisotopic (exact) mass is 297 g/mol. The Morgan fingerprint density at radius 3 is 2.53 bits per heavy atom. The number of alkyl halides is 1. The summed E-state index contributed by atoms with van der Waals surface area (Å²) in [4.78, 5) is 13.9. The van der Waals surface area contributed by atoms with E-state index in [2.05, 4.69) is 28.1 Å². The third kappa shape index (κ3) is 5.35. The molecule has 0 aliphatic heterocycles. The van der Waals surface area contributed by atoms with Gasteiger partial charge < -0.3 is 4.90 Å². The van der Waals surface area contributed by atoms with Crippen LogP contribution in [0.5, 0.6) is 0 Å². The van der Waals surface area contributed by atoms with Gasteiger partial charge >= 0.3 is 0 Å². The van der Waals surface area contributed by atoms with Crippen LogP contribution in [0.1, 0.15) is 31.7 Å². The van der Waals surface area contributed by atoms with Gasteiger partial charge in [-0.15, -0.1) is 0 Å². The summed E-state index contributed by atoms with van der Waals surface area (Å²) in [5, 5.41) is 0.977. The van der Waals surface area contributed by atoms with E-state index in [-0.39, 0.29) is 5.91 Å². The van der Waals surface area contributed by atoms with Crippen LogP contribution in [0.2, 0.25) is 0 Å². The van der Waals surface area contributed by atoms with Gasteiger partial charge in [0.1, 0.15) is 0 Å². The molecule has 2 nitrogen and oxygen atoms in total. The van der Waals surface area contributed by atoms with Gasteiger partial charge in [0.25, 0.3) is 0 Å². The second kappa shape index (κ2) is 8.29. The minimum atomic E-state index is 0.261. The summed E-state index contributed by atoms with van der Waals surface area (Å²) in [6, 6.07) is 10.2. The predicted octanol–water partition coefficient (Wildman–Crippen LogP) is 3.60. The molecule has 0 radical (unpaired) electrons. The first-order valence-corrected chi connectivity index (χ1v) is 7.27. The molecule has 0 spiro atoms. The molecule has 0 saturated heterocycles. The van der Waals surface area contributed by atoms with Gasteiger partial charge in [-0.2, -0.15) is 0 Å². The number of carbonyl (C=O) groups excluding carboxylic acids is 1. The number of hydrogen-bond acceptors (Lipinski definition) is 1. The van der Waals surface area contributed by atoms with Gasteiger partial charge in [0.2, 0.25) is 5.91 Å². The molecule has 0 aromatic heterocycles. The van der Waals surface area contributed by atoms with Crippen LogP contribution in [0.3, 0.4) is 0 Å². The molecule has 1 aromatic carbocycles. The number of benzene rings is 1. The zero-order valence-electron chi connectivity index (χ0n) is 10.4. The van der Waals surface area contributed by atoms with E-state index in [0.717, 1.165) is 31.3 Å². The second-order valence-electron chi connectivity index (χ2n) is 4.04. The van der Waals surface area contributed by atoms with Crippen LogP contribution in [0.4, 0.5) is 0 Å². The first-order valence-electron chi connectivity index (χ1n) is 6.15. The smallest absolute Gasteiger partial charge is 0.222 e. The van der Waals surface area contributed by atoms with E-state index in [1.165, 1.54) is 5.56 Å². The first kappa shape index (κ1) is 14.2. The lowest BCUT2D eigenvalue weighted by molar-refractivity contribution is -0.131. The highest BCUT2D eigenvalue weighted by molar-refractivity contribution is 9.09. The SMILES string of the molecule is CCN(Cc1ccccc1)C(=O)CCCCBr. The third-order valence-corrected chi connectivity index (χ3v) is 3.29. The van der Waals surface area contributed by atoms with Crippen LogP contribution >= 0.6 is 15.9 Å². The molecule has 1 rings (SSSR count). The second-order valence-corrected chi connectivity index (χ2v) is 4.83. The van der Waals surface area contributed by atoms with E-state index in [1.807, 2.05) is 30.0 Å². The Morgan fingerprint density at radius 1 is 1.24 bits per heavy atom. The molecule has 0 saturated carbocycles. The summed E-state index contributed by atoms with van der Waals surface area (Å²) in [5.74, 6) is 0.261. The summed E-state index contributed by atoms with van der Waals surface area (Å²) >= 11 is 3.38. The van der Waals surface area contributed by atoms with Crippen molar-refractivity contribution in [1.29, 1.82) is 0 Å². The highest BCUT2D eigenvalue weighted by Crippen LogP contribution is 2.08. The van der Waals surface area contributed by atoms with Crippen molar-refractivity contribution >= 4 is 21.8 Å². The summed E-state index contributed by atoms with van der Waals surface area (Å²) in [7, 11) is 0. The van der Waals surface area contributed by atoms with Crippen molar-refractivity contribution in [2.45, 2.75) is 32.7 Å². The van der Waals surface area contributed by atoms with Crippen molar-refractivity contribution < 1.29 is 4.79 Å². The molecule has 0 heterocycles. The van der Waals surface area contributed by atoms with Crippen LogP contribution in [0.25, 0.3) is 0 Å². The molecule has 0 aliphatic carbocycles. The Morgan fingerprint density at radius 2 is 1.94 bits per heavy atom. The topological polar surface area (TPSA) is 20.3 Å². The highest BCUT2D eigenvalue weighted by atomic mass is 79.9. The van der Waals surface area contributed by atoms with Crippen molar-refractivity contribution in [1.82, 2.24) is 4.90 Å². The largest absolute Gasteiger partial charge is 0.339 e. The lowest BCUT2D eigenvalue weighted by Crippen LogP contribution is -2.30. The van der Waals surface area contributed by atoms with Gasteiger partial charge in [-0.05, 0) is 25.3 Å². The molecule has 17 heavy (non-hydrogen) atoms. The number of carbonyl (C=O) groups is 1. The number of nitrogens with zero attached hydrogens (tertiary/aromatic N) is 1. The zero-order chi connectivity index (χ0) is 12.5. The van der Waals surface area contributed by atoms with E-state index in [4.69, 9.17) is 0 Å².